The molecule has 0 aliphatic heterocycles. The summed E-state index contributed by atoms with van der Waals surface area (Å²) in [6.07, 6.45) is 0. The number of carboxylic acid groups (broad SMARTS) is 1. The van der Waals surface area contributed by atoms with Gasteiger partial charge in [-0.3, -0.25) is 0 Å². The van der Waals surface area contributed by atoms with Gasteiger partial charge in [-0.1, -0.05) is 54.6 Å². The second-order valence-electron chi connectivity index (χ2n) is 4.48. The number of fused-ring (bicyclic) bond motifs is 1. The number of carbonyl (C=O) groups excluding carboxylic acids is 1. The largest absolute Gasteiger partial charge is 0.545 e. The highest BCUT2D eigenvalue weighted by atomic mass is 16.4. The predicted octanol–water partition coefficient (Wildman–Crippen LogP) is 2.95. The fraction of sp³-hybridized carbons (Fsp3) is 0. The van der Waals surface area contributed by atoms with Crippen molar-refractivity contribution in [2.45, 2.75) is 0 Å². The molecule has 0 spiro atoms. The molecule has 98 valence electrons. The quantitative estimate of drug-likeness (QED) is 0.789. The molecule has 0 aromatic heterocycles. The molecule has 1 N–H and O–H groups in total. The van der Waals surface area contributed by atoms with Gasteiger partial charge in [-0.25, -0.2) is 0 Å². The SMILES string of the molecule is O=C([O-])c1ccccc1Nc1cccc2ccccc12. The Hall–Kier alpha value is -2.81. The van der Waals surface area contributed by atoms with E-state index in [1.165, 1.54) is 6.07 Å². The molecule has 0 bridgehead atoms. The second kappa shape index (κ2) is 5.05. The van der Waals surface area contributed by atoms with Crippen LogP contribution in [-0.4, -0.2) is 5.97 Å². The molecule has 20 heavy (non-hydrogen) atoms. The van der Waals surface area contributed by atoms with E-state index in [-0.39, 0.29) is 5.56 Å². The van der Waals surface area contributed by atoms with Gasteiger partial charge in [-0.2, -0.15) is 0 Å². The van der Waals surface area contributed by atoms with E-state index in [0.717, 1.165) is 16.5 Å². The van der Waals surface area contributed by atoms with Crippen LogP contribution in [0.1, 0.15) is 10.4 Å². The lowest BCUT2D eigenvalue weighted by Gasteiger charge is -2.14. The zero-order chi connectivity index (χ0) is 13.9. The van der Waals surface area contributed by atoms with Crippen molar-refractivity contribution < 1.29 is 9.90 Å². The van der Waals surface area contributed by atoms with E-state index in [1.807, 2.05) is 42.5 Å². The summed E-state index contributed by atoms with van der Waals surface area (Å²) in [4.78, 5) is 11.1. The first-order valence-corrected chi connectivity index (χ1v) is 6.31. The highest BCUT2D eigenvalue weighted by Crippen LogP contribution is 2.27. The Labute approximate surface area is 116 Å². The predicted molar refractivity (Wildman–Crippen MR) is 78.0 cm³/mol. The summed E-state index contributed by atoms with van der Waals surface area (Å²) >= 11 is 0. The molecule has 3 nitrogen and oxygen atoms in total. The third-order valence-corrected chi connectivity index (χ3v) is 3.21. The Kier molecular flexibility index (Phi) is 3.09. The first-order chi connectivity index (χ1) is 9.75. The molecule has 0 atom stereocenters. The van der Waals surface area contributed by atoms with Crippen LogP contribution in [0.3, 0.4) is 0 Å². The van der Waals surface area contributed by atoms with Gasteiger partial charge in [0.15, 0.2) is 0 Å². The number of para-hydroxylation sites is 1. The van der Waals surface area contributed by atoms with Crippen LogP contribution in [0.25, 0.3) is 10.8 Å². The molecule has 3 heteroatoms. The Bertz CT molecular complexity index is 775. The third kappa shape index (κ3) is 2.21. The first kappa shape index (κ1) is 12.2. The van der Waals surface area contributed by atoms with Crippen molar-refractivity contribution in [3.8, 4) is 0 Å². The number of aromatic carboxylic acids is 1. The van der Waals surface area contributed by atoms with Crippen LogP contribution in [0.15, 0.2) is 66.7 Å². The van der Waals surface area contributed by atoms with Gasteiger partial charge in [0, 0.05) is 22.3 Å². The molecule has 0 fully saturated rings. The zero-order valence-electron chi connectivity index (χ0n) is 10.7. The maximum atomic E-state index is 11.1. The summed E-state index contributed by atoms with van der Waals surface area (Å²) in [6.45, 7) is 0. The van der Waals surface area contributed by atoms with E-state index in [4.69, 9.17) is 0 Å². The lowest BCUT2D eigenvalue weighted by molar-refractivity contribution is -0.254. The topological polar surface area (TPSA) is 52.2 Å². The molecule has 0 heterocycles. The van der Waals surface area contributed by atoms with Crippen LogP contribution in [0.2, 0.25) is 0 Å². The van der Waals surface area contributed by atoms with Crippen molar-refractivity contribution in [2.24, 2.45) is 0 Å². The molecule has 0 amide bonds. The summed E-state index contributed by atoms with van der Waals surface area (Å²) in [5.74, 6) is -1.19. The summed E-state index contributed by atoms with van der Waals surface area (Å²) < 4.78 is 0. The van der Waals surface area contributed by atoms with Gasteiger partial charge in [-0.15, -0.1) is 0 Å². The van der Waals surface area contributed by atoms with Gasteiger partial charge >= 0.3 is 0 Å². The first-order valence-electron chi connectivity index (χ1n) is 6.31. The van der Waals surface area contributed by atoms with Crippen LogP contribution >= 0.6 is 0 Å². The molecule has 3 aromatic carbocycles. The Balaban J connectivity index is 2.08. The van der Waals surface area contributed by atoms with Crippen LogP contribution in [0, 0.1) is 0 Å². The third-order valence-electron chi connectivity index (χ3n) is 3.21. The summed E-state index contributed by atoms with van der Waals surface area (Å²) in [5.41, 5.74) is 1.56. The lowest BCUT2D eigenvalue weighted by Crippen LogP contribution is -2.23. The highest BCUT2D eigenvalue weighted by Gasteiger charge is 2.05. The molecule has 0 aliphatic rings. The number of carboxylic acids is 1. The van der Waals surface area contributed by atoms with Crippen LogP contribution in [0.5, 0.6) is 0 Å². The number of anilines is 2. The van der Waals surface area contributed by atoms with Gasteiger partial charge in [-0.05, 0) is 17.5 Å². The zero-order valence-corrected chi connectivity index (χ0v) is 10.7. The van der Waals surface area contributed by atoms with Crippen LogP contribution in [0.4, 0.5) is 11.4 Å². The Morgan fingerprint density at radius 1 is 0.800 bits per heavy atom. The average Bonchev–Trinajstić information content (AvgIpc) is 2.48. The number of benzene rings is 3. The maximum Gasteiger partial charge on any atom is 0.0736 e. The number of rotatable bonds is 3. The minimum atomic E-state index is -1.19. The van der Waals surface area contributed by atoms with E-state index in [1.54, 1.807) is 18.2 Å². The van der Waals surface area contributed by atoms with E-state index < -0.39 is 5.97 Å². The molecule has 3 aromatic rings. The van der Waals surface area contributed by atoms with Crippen LogP contribution in [-0.2, 0) is 0 Å². The van der Waals surface area contributed by atoms with E-state index >= 15 is 0 Å². The molecule has 0 unspecified atom stereocenters. The van der Waals surface area contributed by atoms with Crippen LogP contribution < -0.4 is 10.4 Å². The van der Waals surface area contributed by atoms with Crippen molar-refractivity contribution in [1.82, 2.24) is 0 Å². The van der Waals surface area contributed by atoms with Gasteiger partial charge in [0.25, 0.3) is 0 Å². The average molecular weight is 262 g/mol. The van der Waals surface area contributed by atoms with Crippen molar-refractivity contribution >= 4 is 28.1 Å². The van der Waals surface area contributed by atoms with Gasteiger partial charge < -0.3 is 15.2 Å². The Morgan fingerprint density at radius 2 is 1.45 bits per heavy atom. The number of nitrogens with one attached hydrogen (secondary N) is 1. The number of hydrogen-bond donors (Lipinski definition) is 1. The van der Waals surface area contributed by atoms with E-state index in [9.17, 15) is 9.90 Å². The smallest absolute Gasteiger partial charge is 0.0736 e. The highest BCUT2D eigenvalue weighted by molar-refractivity contribution is 5.99. The summed E-state index contributed by atoms with van der Waals surface area (Å²) in [6, 6.07) is 20.6. The summed E-state index contributed by atoms with van der Waals surface area (Å²) in [5, 5.41) is 16.4. The standard InChI is InChI=1S/C17H13NO2/c19-17(20)14-9-3-4-10-16(14)18-15-11-5-7-12-6-1-2-8-13(12)15/h1-11,18H,(H,19,20)/p-1. The van der Waals surface area contributed by atoms with Crippen molar-refractivity contribution in [2.75, 3.05) is 5.32 Å². The lowest BCUT2D eigenvalue weighted by atomic mass is 10.1. The minimum absolute atomic E-state index is 0.153. The van der Waals surface area contributed by atoms with Gasteiger partial charge in [0.05, 0.1) is 5.97 Å². The minimum Gasteiger partial charge on any atom is -0.545 e. The second-order valence-corrected chi connectivity index (χ2v) is 4.48. The number of hydrogen-bond acceptors (Lipinski definition) is 3. The summed E-state index contributed by atoms with van der Waals surface area (Å²) in [7, 11) is 0. The van der Waals surface area contributed by atoms with Crippen molar-refractivity contribution in [3.05, 3.63) is 72.3 Å². The van der Waals surface area contributed by atoms with E-state index in [0.29, 0.717) is 5.69 Å². The molecule has 3 rings (SSSR count). The van der Waals surface area contributed by atoms with E-state index in [2.05, 4.69) is 5.32 Å². The Morgan fingerprint density at radius 3 is 2.30 bits per heavy atom. The molecule has 0 saturated heterocycles. The molecular formula is C17H12NO2-. The molecule has 0 radical (unpaired) electrons. The van der Waals surface area contributed by atoms with Gasteiger partial charge in [0.2, 0.25) is 0 Å². The fourth-order valence-corrected chi connectivity index (χ4v) is 2.25. The maximum absolute atomic E-state index is 11.1. The number of carbonyl (C=O) groups is 1. The molecule has 0 aliphatic carbocycles. The molecular weight excluding hydrogens is 250 g/mol. The normalized spacial score (nSPS) is 10.4. The molecule has 0 saturated carbocycles. The van der Waals surface area contributed by atoms with Crippen molar-refractivity contribution in [3.63, 3.8) is 0 Å². The van der Waals surface area contributed by atoms with Crippen molar-refractivity contribution in [1.29, 1.82) is 0 Å². The monoisotopic (exact) mass is 262 g/mol. The van der Waals surface area contributed by atoms with Gasteiger partial charge in [0.1, 0.15) is 0 Å². The fourth-order valence-electron chi connectivity index (χ4n) is 2.25.